The van der Waals surface area contributed by atoms with E-state index in [-0.39, 0.29) is 17.6 Å². The fourth-order valence-corrected chi connectivity index (χ4v) is 3.28. The van der Waals surface area contributed by atoms with E-state index in [9.17, 15) is 4.79 Å². The molecule has 0 aromatic carbocycles. The van der Waals surface area contributed by atoms with Gasteiger partial charge in [0.05, 0.1) is 37.8 Å². The summed E-state index contributed by atoms with van der Waals surface area (Å²) in [6.45, 7) is 3.54. The lowest BCUT2D eigenvalue weighted by molar-refractivity contribution is -0.174. The van der Waals surface area contributed by atoms with Crippen LogP contribution in [0.25, 0.3) is 0 Å². The number of aryl methyl sites for hydroxylation is 1. The van der Waals surface area contributed by atoms with Crippen molar-refractivity contribution < 1.29 is 14.3 Å². The number of nitrogens with zero attached hydrogens (tertiary/aromatic N) is 5. The van der Waals surface area contributed by atoms with Crippen molar-refractivity contribution in [2.75, 3.05) is 19.7 Å². The Morgan fingerprint density at radius 1 is 1.24 bits per heavy atom. The average Bonchev–Trinajstić information content (AvgIpc) is 2.61. The van der Waals surface area contributed by atoms with Crippen molar-refractivity contribution in [3.05, 3.63) is 42.4 Å². The molecule has 25 heavy (non-hydrogen) atoms. The van der Waals surface area contributed by atoms with Gasteiger partial charge in [-0.05, 0) is 6.92 Å². The van der Waals surface area contributed by atoms with Crippen molar-refractivity contribution in [2.45, 2.75) is 31.5 Å². The summed E-state index contributed by atoms with van der Waals surface area (Å²) in [5.41, 5.74) is 0.818. The van der Waals surface area contributed by atoms with Crippen LogP contribution in [0.4, 0.5) is 0 Å². The summed E-state index contributed by atoms with van der Waals surface area (Å²) in [4.78, 5) is 30.6. The molecular weight excluding hydrogens is 322 g/mol. The molecule has 0 radical (unpaired) electrons. The lowest BCUT2D eigenvalue weighted by atomic mass is 9.84. The maximum absolute atomic E-state index is 12.5. The second-order valence-corrected chi connectivity index (χ2v) is 6.51. The van der Waals surface area contributed by atoms with E-state index in [0.717, 1.165) is 18.5 Å². The summed E-state index contributed by atoms with van der Waals surface area (Å²) in [6.07, 6.45) is 9.49. The third-order valence-electron chi connectivity index (χ3n) is 4.52. The van der Waals surface area contributed by atoms with E-state index in [2.05, 4.69) is 19.9 Å². The zero-order valence-electron chi connectivity index (χ0n) is 14.0. The molecule has 0 saturated carbocycles. The van der Waals surface area contributed by atoms with Crippen LogP contribution < -0.4 is 4.74 Å². The zero-order valence-corrected chi connectivity index (χ0v) is 14.0. The van der Waals surface area contributed by atoms with Crippen LogP contribution in [0.5, 0.6) is 5.88 Å². The normalized spacial score (nSPS) is 21.6. The fraction of sp³-hybridized carbons (Fsp3) is 0.471. The molecule has 2 saturated heterocycles. The van der Waals surface area contributed by atoms with Gasteiger partial charge in [0.15, 0.2) is 0 Å². The van der Waals surface area contributed by atoms with Crippen molar-refractivity contribution in [2.24, 2.45) is 0 Å². The molecule has 1 amide bonds. The van der Waals surface area contributed by atoms with E-state index in [1.54, 1.807) is 29.7 Å². The summed E-state index contributed by atoms with van der Waals surface area (Å²) in [7, 11) is 0. The molecule has 4 rings (SSSR count). The predicted octanol–water partition coefficient (Wildman–Crippen LogP) is 1.03. The first-order valence-corrected chi connectivity index (χ1v) is 8.28. The Morgan fingerprint density at radius 2 is 2.12 bits per heavy atom. The molecule has 0 bridgehead atoms. The number of carbonyl (C=O) groups excluding carboxylic acids is 1. The monoisotopic (exact) mass is 341 g/mol. The molecule has 2 aromatic heterocycles. The molecule has 0 N–H and O–H groups in total. The van der Waals surface area contributed by atoms with E-state index >= 15 is 0 Å². The first kappa shape index (κ1) is 15.9. The maximum atomic E-state index is 12.5. The minimum Gasteiger partial charge on any atom is -0.473 e. The van der Waals surface area contributed by atoms with Crippen molar-refractivity contribution in [1.29, 1.82) is 0 Å². The maximum Gasteiger partial charge on any atom is 0.274 e. The Bertz CT molecular complexity index is 747. The van der Waals surface area contributed by atoms with Gasteiger partial charge < -0.3 is 14.4 Å². The van der Waals surface area contributed by atoms with Crippen LogP contribution in [-0.2, 0) is 4.74 Å². The first-order chi connectivity index (χ1) is 12.1. The summed E-state index contributed by atoms with van der Waals surface area (Å²) >= 11 is 0. The van der Waals surface area contributed by atoms with Gasteiger partial charge in [-0.1, -0.05) is 0 Å². The Morgan fingerprint density at radius 3 is 2.84 bits per heavy atom. The number of amides is 1. The lowest BCUT2D eigenvalue weighted by Crippen LogP contribution is -2.67. The Labute approximate surface area is 145 Å². The zero-order chi connectivity index (χ0) is 17.3. The van der Waals surface area contributed by atoms with Crippen molar-refractivity contribution >= 4 is 5.91 Å². The second-order valence-electron chi connectivity index (χ2n) is 6.51. The summed E-state index contributed by atoms with van der Waals surface area (Å²) < 4.78 is 11.9. The molecule has 8 heteroatoms. The van der Waals surface area contributed by atoms with Gasteiger partial charge in [0, 0.05) is 31.4 Å². The van der Waals surface area contributed by atoms with E-state index in [1.807, 2.05) is 6.92 Å². The molecule has 130 valence electrons. The number of likely N-dealkylation sites (tertiary alicyclic amines) is 1. The number of hydrogen-bond donors (Lipinski definition) is 0. The third kappa shape index (κ3) is 3.30. The van der Waals surface area contributed by atoms with Gasteiger partial charge in [-0.3, -0.25) is 14.8 Å². The van der Waals surface area contributed by atoms with Crippen LogP contribution in [0, 0.1) is 6.92 Å². The average molecular weight is 341 g/mol. The van der Waals surface area contributed by atoms with Crippen molar-refractivity contribution in [1.82, 2.24) is 24.8 Å². The molecule has 0 aliphatic carbocycles. The predicted molar refractivity (Wildman–Crippen MR) is 87.0 cm³/mol. The van der Waals surface area contributed by atoms with Crippen molar-refractivity contribution in [3.8, 4) is 5.88 Å². The van der Waals surface area contributed by atoms with E-state index in [4.69, 9.17) is 9.47 Å². The minimum absolute atomic E-state index is 0.0156. The standard InChI is InChI=1S/C17H19N5O3/c1-12-7-21-14(8-20-12)16(23)22-10-17(11-22)6-13(2-5-24-17)25-15-9-18-3-4-19-15/h3-4,7-9,13H,2,5-6,10-11H2,1H3/t13-/m0/s1. The topological polar surface area (TPSA) is 90.3 Å². The molecule has 0 unspecified atom stereocenters. The lowest BCUT2D eigenvalue weighted by Gasteiger charge is -2.52. The highest BCUT2D eigenvalue weighted by Gasteiger charge is 2.50. The van der Waals surface area contributed by atoms with E-state index in [1.165, 1.54) is 6.20 Å². The van der Waals surface area contributed by atoms with Crippen LogP contribution in [0.3, 0.4) is 0 Å². The molecule has 1 atom stereocenters. The van der Waals surface area contributed by atoms with Gasteiger partial charge in [-0.25, -0.2) is 9.97 Å². The Balaban J connectivity index is 1.36. The Kier molecular flexibility index (Phi) is 4.04. The molecule has 2 aromatic rings. The van der Waals surface area contributed by atoms with Gasteiger partial charge in [0.2, 0.25) is 5.88 Å². The van der Waals surface area contributed by atoms with E-state index in [0.29, 0.717) is 31.3 Å². The molecule has 4 heterocycles. The van der Waals surface area contributed by atoms with Crippen LogP contribution in [-0.4, -0.2) is 62.1 Å². The summed E-state index contributed by atoms with van der Waals surface area (Å²) in [6, 6.07) is 0. The third-order valence-corrected chi connectivity index (χ3v) is 4.52. The Hall–Kier alpha value is -2.61. The smallest absolute Gasteiger partial charge is 0.274 e. The number of aromatic nitrogens is 4. The van der Waals surface area contributed by atoms with Gasteiger partial charge in [0.1, 0.15) is 17.4 Å². The highest BCUT2D eigenvalue weighted by Crippen LogP contribution is 2.36. The molecule has 2 aliphatic rings. The number of hydrogen-bond acceptors (Lipinski definition) is 7. The highest BCUT2D eigenvalue weighted by molar-refractivity contribution is 5.92. The van der Waals surface area contributed by atoms with Crippen molar-refractivity contribution in [3.63, 3.8) is 0 Å². The van der Waals surface area contributed by atoms with Crippen LogP contribution >= 0.6 is 0 Å². The molecule has 8 nitrogen and oxygen atoms in total. The van der Waals surface area contributed by atoms with Gasteiger partial charge >= 0.3 is 0 Å². The van der Waals surface area contributed by atoms with E-state index < -0.39 is 0 Å². The number of carbonyl (C=O) groups is 1. The number of rotatable bonds is 3. The summed E-state index contributed by atoms with van der Waals surface area (Å²) in [5, 5.41) is 0. The number of ether oxygens (including phenoxy) is 2. The molecular formula is C17H19N5O3. The SMILES string of the molecule is Cc1cnc(C(=O)N2CC3(C[C@@H](Oc4cnccn4)CCO3)C2)cn1. The largest absolute Gasteiger partial charge is 0.473 e. The van der Waals surface area contributed by atoms with Crippen LogP contribution in [0.1, 0.15) is 29.0 Å². The fourth-order valence-electron chi connectivity index (χ4n) is 3.28. The van der Waals surface area contributed by atoms with Gasteiger partial charge in [0.25, 0.3) is 5.91 Å². The second kappa shape index (κ2) is 6.36. The van der Waals surface area contributed by atoms with Gasteiger partial charge in [-0.15, -0.1) is 0 Å². The highest BCUT2D eigenvalue weighted by atomic mass is 16.5. The molecule has 2 fully saturated rings. The molecule has 2 aliphatic heterocycles. The van der Waals surface area contributed by atoms with Crippen LogP contribution in [0.15, 0.2) is 31.0 Å². The van der Waals surface area contributed by atoms with Crippen LogP contribution in [0.2, 0.25) is 0 Å². The molecule has 1 spiro atoms. The summed E-state index contributed by atoms with van der Waals surface area (Å²) in [5.74, 6) is 0.408. The minimum atomic E-state index is -0.334. The first-order valence-electron chi connectivity index (χ1n) is 8.28. The van der Waals surface area contributed by atoms with Gasteiger partial charge in [-0.2, -0.15) is 0 Å². The quantitative estimate of drug-likeness (QED) is 0.823.